The molecule has 2 rings (SSSR count). The van der Waals surface area contributed by atoms with Crippen molar-refractivity contribution >= 4 is 23.2 Å². The Kier molecular flexibility index (Phi) is 5.04. The molecule has 1 heterocycles. The molecule has 0 bridgehead atoms. The highest BCUT2D eigenvalue weighted by Gasteiger charge is 2.28. The number of hydrogen-bond donors (Lipinski definition) is 0. The van der Waals surface area contributed by atoms with E-state index in [1.165, 1.54) is 17.7 Å². The van der Waals surface area contributed by atoms with Gasteiger partial charge in [-0.25, -0.2) is 4.39 Å². The number of amides is 1. The van der Waals surface area contributed by atoms with Crippen molar-refractivity contribution in [3.63, 3.8) is 0 Å². The first kappa shape index (κ1) is 16.0. The molecule has 1 aliphatic rings. The maximum atomic E-state index is 13.3. The molecule has 0 fully saturated rings. The molecular formula is C17H21ClFNO. The van der Waals surface area contributed by atoms with Gasteiger partial charge in [0.25, 0.3) is 0 Å². The molecule has 1 aliphatic heterocycles. The van der Waals surface area contributed by atoms with Gasteiger partial charge in [-0.1, -0.05) is 25.4 Å². The van der Waals surface area contributed by atoms with E-state index >= 15 is 0 Å². The standard InChI is InChI=1S/C17H21ClFNO/c1-4-20-16(21)8-5-12(9-11(2)3)17(20)14-7-6-13(19)10-15(14)18/h6-7,10-11H,4-5,8-9H2,1-3H3. The van der Waals surface area contributed by atoms with Crippen LogP contribution in [0.3, 0.4) is 0 Å². The van der Waals surface area contributed by atoms with Crippen LogP contribution >= 0.6 is 11.6 Å². The van der Waals surface area contributed by atoms with E-state index in [4.69, 9.17) is 11.6 Å². The second kappa shape index (κ2) is 6.61. The van der Waals surface area contributed by atoms with Crippen molar-refractivity contribution in [2.45, 2.75) is 40.0 Å². The number of carbonyl (C=O) groups is 1. The summed E-state index contributed by atoms with van der Waals surface area (Å²) in [5.41, 5.74) is 2.87. The minimum atomic E-state index is -0.361. The molecular weight excluding hydrogens is 289 g/mol. The van der Waals surface area contributed by atoms with E-state index in [-0.39, 0.29) is 11.7 Å². The van der Waals surface area contributed by atoms with Gasteiger partial charge in [0.1, 0.15) is 5.82 Å². The maximum Gasteiger partial charge on any atom is 0.227 e. The van der Waals surface area contributed by atoms with E-state index in [0.29, 0.717) is 23.9 Å². The molecule has 0 unspecified atom stereocenters. The Balaban J connectivity index is 2.58. The molecule has 0 N–H and O–H groups in total. The van der Waals surface area contributed by atoms with Crippen LogP contribution in [0.15, 0.2) is 23.8 Å². The van der Waals surface area contributed by atoms with Crippen LogP contribution < -0.4 is 0 Å². The third-order valence-electron chi connectivity index (χ3n) is 3.70. The van der Waals surface area contributed by atoms with E-state index in [0.717, 1.165) is 24.1 Å². The zero-order valence-corrected chi connectivity index (χ0v) is 13.5. The Morgan fingerprint density at radius 1 is 1.33 bits per heavy atom. The fourth-order valence-electron chi connectivity index (χ4n) is 2.87. The summed E-state index contributed by atoms with van der Waals surface area (Å²) in [6, 6.07) is 4.38. The lowest BCUT2D eigenvalue weighted by molar-refractivity contribution is -0.128. The summed E-state index contributed by atoms with van der Waals surface area (Å²) in [6.45, 7) is 6.87. The molecule has 0 saturated carbocycles. The van der Waals surface area contributed by atoms with Crippen LogP contribution in [0, 0.1) is 11.7 Å². The highest BCUT2D eigenvalue weighted by Crippen LogP contribution is 2.37. The molecule has 0 spiro atoms. The van der Waals surface area contributed by atoms with Gasteiger partial charge in [0, 0.05) is 18.5 Å². The van der Waals surface area contributed by atoms with Crippen LogP contribution in [-0.4, -0.2) is 17.4 Å². The first-order valence-corrected chi connectivity index (χ1v) is 7.79. The van der Waals surface area contributed by atoms with Crippen molar-refractivity contribution in [1.82, 2.24) is 4.90 Å². The molecule has 114 valence electrons. The highest BCUT2D eigenvalue weighted by atomic mass is 35.5. The van der Waals surface area contributed by atoms with Crippen LogP contribution in [0.4, 0.5) is 4.39 Å². The van der Waals surface area contributed by atoms with Crippen LogP contribution in [-0.2, 0) is 4.79 Å². The Hall–Kier alpha value is -1.35. The van der Waals surface area contributed by atoms with Gasteiger partial charge in [-0.15, -0.1) is 0 Å². The minimum absolute atomic E-state index is 0.111. The van der Waals surface area contributed by atoms with Gasteiger partial charge in [0.2, 0.25) is 5.91 Å². The van der Waals surface area contributed by atoms with Crippen LogP contribution in [0.5, 0.6) is 0 Å². The molecule has 0 radical (unpaired) electrons. The van der Waals surface area contributed by atoms with E-state index < -0.39 is 0 Å². The van der Waals surface area contributed by atoms with Crippen LogP contribution in [0.2, 0.25) is 5.02 Å². The van der Waals surface area contributed by atoms with Gasteiger partial charge < -0.3 is 4.90 Å². The number of halogens is 2. The van der Waals surface area contributed by atoms with Crippen molar-refractivity contribution < 1.29 is 9.18 Å². The average molecular weight is 310 g/mol. The van der Waals surface area contributed by atoms with Crippen molar-refractivity contribution in [1.29, 1.82) is 0 Å². The number of benzene rings is 1. The quantitative estimate of drug-likeness (QED) is 0.776. The number of rotatable bonds is 4. The molecule has 0 atom stereocenters. The summed E-state index contributed by atoms with van der Waals surface area (Å²) < 4.78 is 13.3. The van der Waals surface area contributed by atoms with Gasteiger partial charge in [0.05, 0.1) is 10.7 Å². The summed E-state index contributed by atoms with van der Waals surface area (Å²) in [7, 11) is 0. The Morgan fingerprint density at radius 3 is 2.62 bits per heavy atom. The third-order valence-corrected chi connectivity index (χ3v) is 4.02. The summed E-state index contributed by atoms with van der Waals surface area (Å²) in [5, 5.41) is 0.361. The predicted octanol–water partition coefficient (Wildman–Crippen LogP) is 4.88. The molecule has 21 heavy (non-hydrogen) atoms. The average Bonchev–Trinajstić information content (AvgIpc) is 2.40. The molecule has 4 heteroatoms. The monoisotopic (exact) mass is 309 g/mol. The zero-order valence-electron chi connectivity index (χ0n) is 12.7. The van der Waals surface area contributed by atoms with Gasteiger partial charge in [-0.05, 0) is 49.5 Å². The largest absolute Gasteiger partial charge is 0.312 e. The molecule has 1 amide bonds. The van der Waals surface area contributed by atoms with Gasteiger partial charge in [0.15, 0.2) is 0 Å². The smallest absolute Gasteiger partial charge is 0.227 e. The third kappa shape index (κ3) is 3.46. The second-order valence-corrected chi connectivity index (χ2v) is 6.22. The van der Waals surface area contributed by atoms with E-state index in [1.54, 1.807) is 11.0 Å². The Morgan fingerprint density at radius 2 is 2.05 bits per heavy atom. The second-order valence-electron chi connectivity index (χ2n) is 5.81. The van der Waals surface area contributed by atoms with Crippen molar-refractivity contribution in [3.05, 3.63) is 40.2 Å². The number of hydrogen-bond acceptors (Lipinski definition) is 1. The van der Waals surface area contributed by atoms with Crippen LogP contribution in [0.1, 0.15) is 45.6 Å². The molecule has 0 aromatic heterocycles. The summed E-state index contributed by atoms with van der Waals surface area (Å²) in [6.07, 6.45) is 2.22. The van der Waals surface area contributed by atoms with Gasteiger partial charge in [-0.2, -0.15) is 0 Å². The predicted molar refractivity (Wildman–Crippen MR) is 84.4 cm³/mol. The topological polar surface area (TPSA) is 20.3 Å². The molecule has 2 nitrogen and oxygen atoms in total. The van der Waals surface area contributed by atoms with E-state index in [1.807, 2.05) is 6.92 Å². The lowest BCUT2D eigenvalue weighted by Gasteiger charge is -2.33. The molecule has 0 aliphatic carbocycles. The fourth-order valence-corrected chi connectivity index (χ4v) is 3.13. The van der Waals surface area contributed by atoms with E-state index in [9.17, 15) is 9.18 Å². The maximum absolute atomic E-state index is 13.3. The normalized spacial score (nSPS) is 16.1. The lowest BCUT2D eigenvalue weighted by atomic mass is 9.90. The van der Waals surface area contributed by atoms with Gasteiger partial charge in [-0.3, -0.25) is 4.79 Å². The summed E-state index contributed by atoms with van der Waals surface area (Å²) in [4.78, 5) is 14.0. The SMILES string of the molecule is CCN1C(=O)CCC(CC(C)C)=C1c1ccc(F)cc1Cl. The van der Waals surface area contributed by atoms with Crippen molar-refractivity contribution in [2.24, 2.45) is 5.92 Å². The van der Waals surface area contributed by atoms with Gasteiger partial charge >= 0.3 is 0 Å². The Labute approximate surface area is 130 Å². The van der Waals surface area contributed by atoms with Crippen LogP contribution in [0.25, 0.3) is 5.70 Å². The minimum Gasteiger partial charge on any atom is -0.312 e. The first-order valence-electron chi connectivity index (χ1n) is 7.41. The lowest BCUT2D eigenvalue weighted by Crippen LogP contribution is -2.33. The number of allylic oxidation sites excluding steroid dienone is 1. The molecule has 1 aromatic carbocycles. The molecule has 1 aromatic rings. The fraction of sp³-hybridized carbons (Fsp3) is 0.471. The summed E-state index contributed by atoms with van der Waals surface area (Å²) >= 11 is 6.22. The number of nitrogens with zero attached hydrogens (tertiary/aromatic N) is 1. The Bertz CT molecular complexity index is 580. The summed E-state index contributed by atoms with van der Waals surface area (Å²) in [5.74, 6) is 0.251. The zero-order chi connectivity index (χ0) is 15.6. The van der Waals surface area contributed by atoms with E-state index in [2.05, 4.69) is 13.8 Å². The first-order chi connectivity index (χ1) is 9.93. The van der Waals surface area contributed by atoms with Crippen molar-refractivity contribution in [2.75, 3.05) is 6.54 Å². The highest BCUT2D eigenvalue weighted by molar-refractivity contribution is 6.32. The molecule has 0 saturated heterocycles. The number of carbonyl (C=O) groups excluding carboxylic acids is 1. The van der Waals surface area contributed by atoms with Crippen molar-refractivity contribution in [3.8, 4) is 0 Å².